The number of nitrogens with one attached hydrogen (secondary N) is 1. The molecular weight excluding hydrogens is 436 g/mol. The SMILES string of the molecule is CC(C)CCN1C(=O)NC2CC(c3nc(-c4ccc(Br)cc4)no3)CCC2C1=O. The molecule has 1 aromatic carbocycles. The van der Waals surface area contributed by atoms with E-state index in [0.717, 1.165) is 22.9 Å². The molecule has 3 unspecified atom stereocenters. The first-order valence-corrected chi connectivity index (χ1v) is 10.9. The second kappa shape index (κ2) is 8.26. The zero-order valence-electron chi connectivity index (χ0n) is 16.6. The third-order valence-electron chi connectivity index (χ3n) is 5.81. The van der Waals surface area contributed by atoms with E-state index in [1.54, 1.807) is 0 Å². The standard InChI is InChI=1S/C21H25BrN4O3/c1-12(2)9-10-26-20(27)16-8-5-14(11-17(16)23-21(26)28)19-24-18(25-29-19)13-3-6-15(22)7-4-13/h3-4,6-7,12,14,16-17H,5,8-11H2,1-2H3,(H,23,28). The molecule has 2 aromatic rings. The van der Waals surface area contributed by atoms with Gasteiger partial charge in [-0.15, -0.1) is 0 Å². The van der Waals surface area contributed by atoms with Crippen LogP contribution in [0.3, 0.4) is 0 Å². The molecule has 4 rings (SSSR count). The molecule has 1 saturated carbocycles. The van der Waals surface area contributed by atoms with Gasteiger partial charge in [-0.05, 0) is 55.9 Å². The normalized spacial score (nSPS) is 24.6. The first kappa shape index (κ1) is 20.1. The van der Waals surface area contributed by atoms with Gasteiger partial charge >= 0.3 is 6.03 Å². The fraction of sp³-hybridized carbons (Fsp3) is 0.524. The van der Waals surface area contributed by atoms with E-state index in [1.807, 2.05) is 24.3 Å². The summed E-state index contributed by atoms with van der Waals surface area (Å²) < 4.78 is 6.52. The van der Waals surface area contributed by atoms with Crippen molar-refractivity contribution in [3.8, 4) is 11.4 Å². The molecule has 0 radical (unpaired) electrons. The Bertz CT molecular complexity index is 896. The van der Waals surface area contributed by atoms with Crippen LogP contribution >= 0.6 is 15.9 Å². The molecule has 3 amide bonds. The molecule has 2 aliphatic rings. The van der Waals surface area contributed by atoms with Gasteiger partial charge in [-0.1, -0.05) is 34.9 Å². The number of amides is 3. The lowest BCUT2D eigenvalue weighted by Gasteiger charge is -2.41. The molecule has 8 heteroatoms. The molecule has 1 aliphatic heterocycles. The second-order valence-corrected chi connectivity index (χ2v) is 9.22. The van der Waals surface area contributed by atoms with Crippen LogP contribution in [-0.4, -0.2) is 39.6 Å². The summed E-state index contributed by atoms with van der Waals surface area (Å²) in [6.07, 6.45) is 2.97. The monoisotopic (exact) mass is 460 g/mol. The van der Waals surface area contributed by atoms with Crippen molar-refractivity contribution in [2.45, 2.75) is 51.5 Å². The summed E-state index contributed by atoms with van der Waals surface area (Å²) in [5, 5.41) is 7.15. The lowest BCUT2D eigenvalue weighted by Crippen LogP contribution is -2.61. The molecule has 29 heavy (non-hydrogen) atoms. The molecule has 2 heterocycles. The van der Waals surface area contributed by atoms with Gasteiger partial charge in [-0.2, -0.15) is 4.98 Å². The Labute approximate surface area is 178 Å². The summed E-state index contributed by atoms with van der Waals surface area (Å²) in [7, 11) is 0. The van der Waals surface area contributed by atoms with E-state index in [9.17, 15) is 9.59 Å². The van der Waals surface area contributed by atoms with Gasteiger partial charge in [0.1, 0.15) is 0 Å². The highest BCUT2D eigenvalue weighted by Crippen LogP contribution is 2.38. The van der Waals surface area contributed by atoms with Gasteiger partial charge in [0.25, 0.3) is 0 Å². The minimum Gasteiger partial charge on any atom is -0.339 e. The maximum atomic E-state index is 12.9. The van der Waals surface area contributed by atoms with Crippen molar-refractivity contribution in [3.63, 3.8) is 0 Å². The quantitative estimate of drug-likeness (QED) is 0.716. The predicted molar refractivity (Wildman–Crippen MR) is 111 cm³/mol. The topological polar surface area (TPSA) is 88.3 Å². The van der Waals surface area contributed by atoms with Gasteiger partial charge in [-0.25, -0.2) is 4.79 Å². The van der Waals surface area contributed by atoms with Crippen LogP contribution in [0, 0.1) is 11.8 Å². The highest BCUT2D eigenvalue weighted by atomic mass is 79.9. The Balaban J connectivity index is 1.44. The number of imide groups is 1. The number of urea groups is 1. The fourth-order valence-corrected chi connectivity index (χ4v) is 4.37. The number of aromatic nitrogens is 2. The van der Waals surface area contributed by atoms with Gasteiger partial charge in [0.15, 0.2) is 0 Å². The van der Waals surface area contributed by atoms with Crippen molar-refractivity contribution in [2.75, 3.05) is 6.54 Å². The number of nitrogens with zero attached hydrogens (tertiary/aromatic N) is 3. The van der Waals surface area contributed by atoms with Crippen molar-refractivity contribution in [1.29, 1.82) is 0 Å². The lowest BCUT2D eigenvalue weighted by atomic mass is 9.76. The van der Waals surface area contributed by atoms with Gasteiger partial charge < -0.3 is 9.84 Å². The first-order valence-electron chi connectivity index (χ1n) is 10.1. The molecule has 7 nitrogen and oxygen atoms in total. The van der Waals surface area contributed by atoms with Gasteiger partial charge in [-0.3, -0.25) is 9.69 Å². The lowest BCUT2D eigenvalue weighted by molar-refractivity contribution is -0.136. The number of carbonyl (C=O) groups is 2. The third-order valence-corrected chi connectivity index (χ3v) is 6.34. The van der Waals surface area contributed by atoms with Crippen molar-refractivity contribution >= 4 is 27.9 Å². The summed E-state index contributed by atoms with van der Waals surface area (Å²) >= 11 is 3.42. The van der Waals surface area contributed by atoms with Gasteiger partial charge in [0, 0.05) is 28.5 Å². The molecule has 1 N–H and O–H groups in total. The molecule has 3 atom stereocenters. The number of hydrogen-bond donors (Lipinski definition) is 1. The zero-order chi connectivity index (χ0) is 20.5. The van der Waals surface area contributed by atoms with Crippen LogP contribution in [0.15, 0.2) is 33.3 Å². The Hall–Kier alpha value is -2.22. The molecule has 1 aromatic heterocycles. The number of halogens is 1. The van der Waals surface area contributed by atoms with Crippen LogP contribution in [0.1, 0.15) is 51.3 Å². The molecular formula is C21H25BrN4O3. The van der Waals surface area contributed by atoms with E-state index in [1.165, 1.54) is 4.90 Å². The second-order valence-electron chi connectivity index (χ2n) is 8.31. The van der Waals surface area contributed by atoms with Crippen molar-refractivity contribution in [3.05, 3.63) is 34.6 Å². The molecule has 2 fully saturated rings. The van der Waals surface area contributed by atoms with Crippen LogP contribution < -0.4 is 5.32 Å². The van der Waals surface area contributed by atoms with Gasteiger partial charge in [0.2, 0.25) is 17.6 Å². The highest BCUT2D eigenvalue weighted by Gasteiger charge is 2.45. The van der Waals surface area contributed by atoms with E-state index in [4.69, 9.17) is 4.52 Å². The molecule has 0 bridgehead atoms. The Morgan fingerprint density at radius 2 is 2.00 bits per heavy atom. The number of hydrogen-bond acceptors (Lipinski definition) is 5. The van der Waals surface area contributed by atoms with E-state index in [-0.39, 0.29) is 29.8 Å². The third kappa shape index (κ3) is 4.22. The Morgan fingerprint density at radius 1 is 1.24 bits per heavy atom. The first-order chi connectivity index (χ1) is 13.9. The summed E-state index contributed by atoms with van der Waals surface area (Å²) in [6.45, 7) is 4.66. The molecule has 154 valence electrons. The van der Waals surface area contributed by atoms with Crippen LogP contribution in [0.5, 0.6) is 0 Å². The number of carbonyl (C=O) groups excluding carboxylic acids is 2. The Kier molecular flexibility index (Phi) is 5.72. The predicted octanol–water partition coefficient (Wildman–Crippen LogP) is 4.35. The van der Waals surface area contributed by atoms with Crippen LogP contribution in [-0.2, 0) is 4.79 Å². The summed E-state index contributed by atoms with van der Waals surface area (Å²) in [4.78, 5) is 31.3. The molecule has 1 aliphatic carbocycles. The smallest absolute Gasteiger partial charge is 0.324 e. The Morgan fingerprint density at radius 3 is 2.72 bits per heavy atom. The summed E-state index contributed by atoms with van der Waals surface area (Å²) in [6, 6.07) is 7.28. The van der Waals surface area contributed by atoms with Gasteiger partial charge in [0.05, 0.1) is 5.92 Å². The van der Waals surface area contributed by atoms with Crippen LogP contribution in [0.2, 0.25) is 0 Å². The highest BCUT2D eigenvalue weighted by molar-refractivity contribution is 9.10. The van der Waals surface area contributed by atoms with Crippen molar-refractivity contribution in [1.82, 2.24) is 20.4 Å². The van der Waals surface area contributed by atoms with E-state index >= 15 is 0 Å². The average Bonchev–Trinajstić information content (AvgIpc) is 3.18. The maximum absolute atomic E-state index is 12.9. The van der Waals surface area contributed by atoms with E-state index < -0.39 is 0 Å². The average molecular weight is 461 g/mol. The van der Waals surface area contributed by atoms with E-state index in [0.29, 0.717) is 37.0 Å². The number of benzene rings is 1. The molecule has 0 spiro atoms. The fourth-order valence-electron chi connectivity index (χ4n) is 4.10. The molecule has 1 saturated heterocycles. The van der Waals surface area contributed by atoms with Crippen molar-refractivity contribution < 1.29 is 14.1 Å². The zero-order valence-corrected chi connectivity index (χ0v) is 18.2. The number of rotatable bonds is 5. The minimum absolute atomic E-state index is 0.0427. The maximum Gasteiger partial charge on any atom is 0.324 e. The summed E-state index contributed by atoms with van der Waals surface area (Å²) in [5.41, 5.74) is 0.888. The van der Waals surface area contributed by atoms with Crippen molar-refractivity contribution in [2.24, 2.45) is 11.8 Å². The van der Waals surface area contributed by atoms with Crippen LogP contribution in [0.25, 0.3) is 11.4 Å². The van der Waals surface area contributed by atoms with Crippen LogP contribution in [0.4, 0.5) is 4.79 Å². The number of fused-ring (bicyclic) bond motifs is 1. The summed E-state index contributed by atoms with van der Waals surface area (Å²) in [5.74, 6) is 1.41. The minimum atomic E-state index is -0.279. The van der Waals surface area contributed by atoms with E-state index in [2.05, 4.69) is 45.2 Å². The largest absolute Gasteiger partial charge is 0.339 e.